The van der Waals surface area contributed by atoms with Crippen LogP contribution in [0, 0.1) is 0 Å². The van der Waals surface area contributed by atoms with Gasteiger partial charge in [0.05, 0.1) is 4.91 Å². The van der Waals surface area contributed by atoms with Gasteiger partial charge in [0.15, 0.2) is 0 Å². The predicted molar refractivity (Wildman–Crippen MR) is 56.3 cm³/mol. The van der Waals surface area contributed by atoms with Gasteiger partial charge in [-0.3, -0.25) is 4.79 Å². The van der Waals surface area contributed by atoms with Crippen molar-refractivity contribution in [2.24, 2.45) is 11.5 Å². The second-order valence-electron chi connectivity index (χ2n) is 1.96. The highest BCUT2D eigenvalue weighted by atomic mass is 32.9. The lowest BCUT2D eigenvalue weighted by atomic mass is 10.5. The zero-order chi connectivity index (χ0) is 11.4. The van der Waals surface area contributed by atoms with Gasteiger partial charge in [0.25, 0.3) is 11.6 Å². The predicted octanol–water partition coefficient (Wildman–Crippen LogP) is -0.790. The molecule has 0 saturated heterocycles. The largest absolute Gasteiger partial charge is 0.860 e. The smallest absolute Gasteiger partial charge is 0.256 e. The van der Waals surface area contributed by atoms with E-state index in [-0.39, 0.29) is 4.91 Å². The Balaban J connectivity index is 4.88. The first-order chi connectivity index (χ1) is 6.36. The van der Waals surface area contributed by atoms with E-state index in [1.165, 1.54) is 14.2 Å². The summed E-state index contributed by atoms with van der Waals surface area (Å²) in [6, 6.07) is 0. The summed E-state index contributed by atoms with van der Waals surface area (Å²) in [4.78, 5) is 10.4. The minimum Gasteiger partial charge on any atom is -0.860 e. The second-order valence-corrected chi connectivity index (χ2v) is 8.30. The molecule has 0 aliphatic rings. The molecule has 0 aliphatic carbocycles. The number of hydrogen-bond donors (Lipinski definition) is 2. The van der Waals surface area contributed by atoms with Crippen LogP contribution in [0.15, 0.2) is 10.8 Å². The molecule has 0 radical (unpaired) electrons. The zero-order valence-corrected chi connectivity index (χ0v) is 10.1. The molecule has 0 saturated carbocycles. The molecule has 0 bridgehead atoms. The molecular weight excluding hydrogens is 247 g/mol. The lowest BCUT2D eigenvalue weighted by Crippen LogP contribution is -2.23. The van der Waals surface area contributed by atoms with Crippen LogP contribution in [0.5, 0.6) is 0 Å². The van der Waals surface area contributed by atoms with Crippen molar-refractivity contribution in [2.45, 2.75) is 0 Å². The van der Waals surface area contributed by atoms with Gasteiger partial charge < -0.3 is 25.6 Å². The first-order valence-corrected chi connectivity index (χ1v) is 7.30. The lowest BCUT2D eigenvalue weighted by molar-refractivity contribution is -0.304. The molecule has 1 amide bonds. The SMILES string of the molecule is COP(=S)(OC)S/C(C(N)=O)=C(/N)[O-]. The first kappa shape index (κ1) is 13.7. The van der Waals surface area contributed by atoms with Gasteiger partial charge in [-0.2, -0.15) is 0 Å². The Kier molecular flexibility index (Phi) is 5.46. The average molecular weight is 257 g/mol. The Labute approximate surface area is 90.5 Å². The third-order valence-corrected chi connectivity index (χ3v) is 6.48. The molecule has 0 atom stereocenters. The molecule has 0 rings (SSSR count). The summed E-state index contributed by atoms with van der Waals surface area (Å²) in [5.74, 6) is -1.88. The second kappa shape index (κ2) is 5.57. The molecular formula is C5H10N2O4PS2-. The summed E-state index contributed by atoms with van der Waals surface area (Å²) in [5, 5.41) is 10.8. The normalized spacial score (nSPS) is 13.6. The summed E-state index contributed by atoms with van der Waals surface area (Å²) >= 11 is 5.57. The van der Waals surface area contributed by atoms with E-state index in [4.69, 9.17) is 32.3 Å². The minimum absolute atomic E-state index is 0.364. The Hall–Kier alpha value is -0.270. The highest BCUT2D eigenvalue weighted by Gasteiger charge is 2.22. The number of carbonyl (C=O) groups excluding carboxylic acids is 1. The van der Waals surface area contributed by atoms with Gasteiger partial charge in [0.1, 0.15) is 0 Å². The van der Waals surface area contributed by atoms with Crippen LogP contribution >= 0.6 is 17.1 Å². The number of amides is 1. The Morgan fingerprint density at radius 2 is 1.86 bits per heavy atom. The fourth-order valence-corrected chi connectivity index (χ4v) is 3.50. The van der Waals surface area contributed by atoms with Crippen LogP contribution in [0.1, 0.15) is 0 Å². The van der Waals surface area contributed by atoms with Crippen LogP contribution in [-0.2, 0) is 25.6 Å². The van der Waals surface area contributed by atoms with Gasteiger partial charge >= 0.3 is 0 Å². The van der Waals surface area contributed by atoms with E-state index in [0.717, 1.165) is 0 Å². The molecule has 6 nitrogen and oxygen atoms in total. The summed E-state index contributed by atoms with van der Waals surface area (Å²) in [7, 11) is 2.63. The summed E-state index contributed by atoms with van der Waals surface area (Å²) in [5.41, 5.74) is 7.10. The molecule has 4 N–H and O–H groups in total. The van der Waals surface area contributed by atoms with E-state index in [0.29, 0.717) is 11.4 Å². The van der Waals surface area contributed by atoms with Crippen LogP contribution < -0.4 is 16.6 Å². The molecule has 0 spiro atoms. The standard InChI is InChI=1S/C5H11N2O4PS2/c1-10-12(13,11-2)14-3(4(6)8)5(7)9/h8H,6H2,1-2H3,(H2,7,9)/p-1/b4-3-. The molecule has 9 heteroatoms. The van der Waals surface area contributed by atoms with Crippen LogP contribution in [0.3, 0.4) is 0 Å². The molecule has 0 fully saturated rings. The Bertz CT molecular complexity index is 294. The number of carbonyl (C=O) groups is 1. The lowest BCUT2D eigenvalue weighted by Gasteiger charge is -2.19. The minimum atomic E-state index is -2.73. The van der Waals surface area contributed by atoms with Crippen molar-refractivity contribution < 1.29 is 18.9 Å². The van der Waals surface area contributed by atoms with E-state index in [1.54, 1.807) is 0 Å². The van der Waals surface area contributed by atoms with Crippen molar-refractivity contribution >= 4 is 34.8 Å². The Morgan fingerprint density at radius 1 is 1.43 bits per heavy atom. The van der Waals surface area contributed by atoms with E-state index in [1.807, 2.05) is 0 Å². The van der Waals surface area contributed by atoms with E-state index in [9.17, 15) is 9.90 Å². The molecule has 82 valence electrons. The van der Waals surface area contributed by atoms with E-state index < -0.39 is 17.5 Å². The monoisotopic (exact) mass is 257 g/mol. The van der Waals surface area contributed by atoms with Gasteiger partial charge in [0, 0.05) is 14.2 Å². The topological polar surface area (TPSA) is 111 Å². The number of hydrogen-bond acceptors (Lipinski definition) is 7. The van der Waals surface area contributed by atoms with Crippen LogP contribution in [-0.4, -0.2) is 20.1 Å². The van der Waals surface area contributed by atoms with Crippen LogP contribution in [0.4, 0.5) is 0 Å². The van der Waals surface area contributed by atoms with Crippen molar-refractivity contribution in [3.05, 3.63) is 10.8 Å². The van der Waals surface area contributed by atoms with Crippen molar-refractivity contribution in [3.8, 4) is 0 Å². The summed E-state index contributed by atoms with van der Waals surface area (Å²) < 4.78 is 9.70. The fraction of sp³-hybridized carbons (Fsp3) is 0.400. The van der Waals surface area contributed by atoms with Gasteiger partial charge in [-0.05, 0) is 29.1 Å². The molecule has 0 aliphatic heterocycles. The zero-order valence-electron chi connectivity index (χ0n) is 7.55. The maximum atomic E-state index is 10.8. The molecule has 0 aromatic heterocycles. The average Bonchev–Trinajstić information content (AvgIpc) is 2.13. The highest BCUT2D eigenvalue weighted by molar-refractivity contribution is 8.69. The van der Waals surface area contributed by atoms with E-state index in [2.05, 4.69) is 0 Å². The van der Waals surface area contributed by atoms with Gasteiger partial charge in [-0.25, -0.2) is 0 Å². The van der Waals surface area contributed by atoms with E-state index >= 15 is 0 Å². The van der Waals surface area contributed by atoms with Crippen LogP contribution in [0.25, 0.3) is 0 Å². The van der Waals surface area contributed by atoms with Gasteiger partial charge in [-0.15, -0.1) is 0 Å². The van der Waals surface area contributed by atoms with Crippen LogP contribution in [0.2, 0.25) is 0 Å². The van der Waals surface area contributed by atoms with Crippen molar-refractivity contribution in [1.29, 1.82) is 0 Å². The Morgan fingerprint density at radius 3 is 2.07 bits per heavy atom. The molecule has 0 heterocycles. The third kappa shape index (κ3) is 3.85. The molecule has 14 heavy (non-hydrogen) atoms. The fourth-order valence-electron chi connectivity index (χ4n) is 0.472. The maximum absolute atomic E-state index is 10.8. The van der Waals surface area contributed by atoms with Crippen molar-refractivity contribution in [1.82, 2.24) is 0 Å². The quantitative estimate of drug-likeness (QED) is 0.377. The molecule has 0 aromatic rings. The van der Waals surface area contributed by atoms with Gasteiger partial charge in [0.2, 0.25) is 0 Å². The van der Waals surface area contributed by atoms with Gasteiger partial charge in [-0.1, -0.05) is 0 Å². The number of nitrogens with two attached hydrogens (primary N) is 2. The summed E-state index contributed by atoms with van der Waals surface area (Å²) in [6.45, 7) is 0. The third-order valence-electron chi connectivity index (χ3n) is 1.10. The number of rotatable bonds is 5. The van der Waals surface area contributed by atoms with Crippen molar-refractivity contribution in [3.63, 3.8) is 0 Å². The highest BCUT2D eigenvalue weighted by Crippen LogP contribution is 2.62. The van der Waals surface area contributed by atoms with Crippen molar-refractivity contribution in [2.75, 3.05) is 14.2 Å². The molecule has 0 aromatic carbocycles. The first-order valence-electron chi connectivity index (χ1n) is 3.24. The maximum Gasteiger partial charge on any atom is 0.256 e. The molecule has 0 unspecified atom stereocenters. The summed E-state index contributed by atoms with van der Waals surface area (Å²) in [6.07, 6.45) is 0. The number of primary amides is 1.